The second kappa shape index (κ2) is 8.85. The maximum atomic E-state index is 12.4. The van der Waals surface area contributed by atoms with Crippen molar-refractivity contribution in [2.24, 2.45) is 0 Å². The smallest absolute Gasteiger partial charge is 0.226 e. The van der Waals surface area contributed by atoms with E-state index < -0.39 is 0 Å². The van der Waals surface area contributed by atoms with Crippen LogP contribution in [-0.2, 0) is 11.3 Å². The average Bonchev–Trinajstić information content (AvgIpc) is 3.32. The Labute approximate surface area is 155 Å². The number of hydrogen-bond donors (Lipinski definition) is 1. The molecule has 1 saturated carbocycles. The minimum Gasteiger partial charge on any atom is -0.496 e. The molecule has 3 rings (SSSR count). The number of benzene rings is 1. The van der Waals surface area contributed by atoms with Crippen LogP contribution in [0.3, 0.4) is 0 Å². The number of nitrogens with one attached hydrogen (secondary N) is 1. The van der Waals surface area contributed by atoms with Crippen molar-refractivity contribution in [1.29, 1.82) is 0 Å². The maximum Gasteiger partial charge on any atom is 0.226 e. The van der Waals surface area contributed by atoms with Crippen LogP contribution in [0.2, 0.25) is 0 Å². The van der Waals surface area contributed by atoms with Gasteiger partial charge in [0.25, 0.3) is 0 Å². The lowest BCUT2D eigenvalue weighted by atomic mass is 10.2. The van der Waals surface area contributed by atoms with Crippen LogP contribution in [0.15, 0.2) is 36.5 Å². The van der Waals surface area contributed by atoms with E-state index in [9.17, 15) is 4.79 Å². The highest BCUT2D eigenvalue weighted by atomic mass is 16.5. The molecule has 0 spiro atoms. The SMILES string of the molecule is COc1ccccc1CN(C)CCC(=O)Nc1ccnn1C1CCCC1. The fraction of sp³-hybridized carbons (Fsp3) is 0.500. The van der Waals surface area contributed by atoms with Crippen LogP contribution >= 0.6 is 0 Å². The zero-order valence-electron chi connectivity index (χ0n) is 15.6. The third-order valence-corrected chi connectivity index (χ3v) is 4.96. The van der Waals surface area contributed by atoms with E-state index in [0.29, 0.717) is 19.0 Å². The Morgan fingerprint density at radius 2 is 2.08 bits per heavy atom. The number of para-hydroxylation sites is 1. The third-order valence-electron chi connectivity index (χ3n) is 4.96. The molecule has 1 fully saturated rings. The van der Waals surface area contributed by atoms with Gasteiger partial charge in [-0.2, -0.15) is 5.10 Å². The molecule has 6 nitrogen and oxygen atoms in total. The van der Waals surface area contributed by atoms with E-state index in [2.05, 4.69) is 21.4 Å². The van der Waals surface area contributed by atoms with Crippen molar-refractivity contribution >= 4 is 11.7 Å². The molecule has 1 aliphatic carbocycles. The van der Waals surface area contributed by atoms with Crippen molar-refractivity contribution < 1.29 is 9.53 Å². The van der Waals surface area contributed by atoms with E-state index in [0.717, 1.165) is 36.5 Å². The largest absolute Gasteiger partial charge is 0.496 e. The molecule has 6 heteroatoms. The summed E-state index contributed by atoms with van der Waals surface area (Å²) in [6.45, 7) is 1.43. The summed E-state index contributed by atoms with van der Waals surface area (Å²) < 4.78 is 7.36. The lowest BCUT2D eigenvalue weighted by molar-refractivity contribution is -0.116. The highest BCUT2D eigenvalue weighted by molar-refractivity contribution is 5.89. The summed E-state index contributed by atoms with van der Waals surface area (Å²) in [4.78, 5) is 14.5. The molecule has 1 amide bonds. The first-order valence-corrected chi connectivity index (χ1v) is 9.31. The number of carbonyl (C=O) groups excluding carboxylic acids is 1. The van der Waals surface area contributed by atoms with Crippen LogP contribution in [-0.4, -0.2) is 41.3 Å². The number of nitrogens with zero attached hydrogens (tertiary/aromatic N) is 3. The number of carbonyl (C=O) groups is 1. The number of methoxy groups -OCH3 is 1. The van der Waals surface area contributed by atoms with Crippen molar-refractivity contribution in [3.8, 4) is 5.75 Å². The Balaban J connectivity index is 1.49. The van der Waals surface area contributed by atoms with Gasteiger partial charge in [0.15, 0.2) is 0 Å². The van der Waals surface area contributed by atoms with Crippen molar-refractivity contribution in [2.75, 3.05) is 26.0 Å². The second-order valence-corrected chi connectivity index (χ2v) is 6.95. The number of ether oxygens (including phenoxy) is 1. The van der Waals surface area contributed by atoms with Gasteiger partial charge in [0.2, 0.25) is 5.91 Å². The van der Waals surface area contributed by atoms with Gasteiger partial charge in [-0.25, -0.2) is 4.68 Å². The van der Waals surface area contributed by atoms with Crippen LogP contribution in [0, 0.1) is 0 Å². The highest BCUT2D eigenvalue weighted by Gasteiger charge is 2.20. The predicted octanol–water partition coefficient (Wildman–Crippen LogP) is 3.47. The van der Waals surface area contributed by atoms with E-state index in [-0.39, 0.29) is 5.91 Å². The van der Waals surface area contributed by atoms with Crippen LogP contribution in [0.4, 0.5) is 5.82 Å². The predicted molar refractivity (Wildman–Crippen MR) is 102 cm³/mol. The average molecular weight is 356 g/mol. The number of anilines is 1. The molecule has 140 valence electrons. The summed E-state index contributed by atoms with van der Waals surface area (Å²) in [6.07, 6.45) is 6.99. The third kappa shape index (κ3) is 4.64. The molecule has 1 heterocycles. The monoisotopic (exact) mass is 356 g/mol. The van der Waals surface area contributed by atoms with Gasteiger partial charge in [0, 0.05) is 31.1 Å². The molecule has 26 heavy (non-hydrogen) atoms. The first kappa shape index (κ1) is 18.5. The van der Waals surface area contributed by atoms with Gasteiger partial charge in [-0.05, 0) is 26.0 Å². The van der Waals surface area contributed by atoms with Gasteiger partial charge in [0.05, 0.1) is 19.3 Å². The second-order valence-electron chi connectivity index (χ2n) is 6.95. The fourth-order valence-corrected chi connectivity index (χ4v) is 3.55. The first-order chi connectivity index (χ1) is 12.7. The van der Waals surface area contributed by atoms with Crippen LogP contribution in [0.25, 0.3) is 0 Å². The van der Waals surface area contributed by atoms with E-state index in [1.807, 2.05) is 36.0 Å². The lowest BCUT2D eigenvalue weighted by Crippen LogP contribution is -2.25. The molecule has 0 atom stereocenters. The van der Waals surface area contributed by atoms with Crippen molar-refractivity contribution in [3.63, 3.8) is 0 Å². The quantitative estimate of drug-likeness (QED) is 0.787. The number of hydrogen-bond acceptors (Lipinski definition) is 4. The topological polar surface area (TPSA) is 59.4 Å². The van der Waals surface area contributed by atoms with Crippen LogP contribution < -0.4 is 10.1 Å². The van der Waals surface area contributed by atoms with Gasteiger partial charge in [-0.1, -0.05) is 31.0 Å². The molecule has 0 radical (unpaired) electrons. The minimum absolute atomic E-state index is 0.0247. The number of rotatable bonds is 8. The first-order valence-electron chi connectivity index (χ1n) is 9.31. The van der Waals surface area contributed by atoms with Crippen molar-refractivity contribution in [2.45, 2.75) is 44.7 Å². The summed E-state index contributed by atoms with van der Waals surface area (Å²) in [7, 11) is 3.70. The van der Waals surface area contributed by atoms with E-state index in [4.69, 9.17) is 4.74 Å². The number of amides is 1. The van der Waals surface area contributed by atoms with Gasteiger partial charge in [0.1, 0.15) is 11.6 Å². The zero-order valence-corrected chi connectivity index (χ0v) is 15.6. The Bertz CT molecular complexity index is 722. The summed E-state index contributed by atoms with van der Waals surface area (Å²) in [6, 6.07) is 10.3. The van der Waals surface area contributed by atoms with Gasteiger partial charge < -0.3 is 15.0 Å². The Morgan fingerprint density at radius 3 is 2.85 bits per heavy atom. The minimum atomic E-state index is 0.0247. The molecule has 0 bridgehead atoms. The molecular weight excluding hydrogens is 328 g/mol. The van der Waals surface area contributed by atoms with E-state index in [1.54, 1.807) is 13.3 Å². The Hall–Kier alpha value is -2.34. The molecule has 2 aromatic rings. The van der Waals surface area contributed by atoms with Crippen LogP contribution in [0.5, 0.6) is 5.75 Å². The molecule has 0 aliphatic heterocycles. The molecule has 1 N–H and O–H groups in total. The summed E-state index contributed by atoms with van der Waals surface area (Å²) >= 11 is 0. The van der Waals surface area contributed by atoms with Crippen molar-refractivity contribution in [1.82, 2.24) is 14.7 Å². The summed E-state index contributed by atoms with van der Waals surface area (Å²) in [5.41, 5.74) is 1.12. The number of aromatic nitrogens is 2. The fourth-order valence-electron chi connectivity index (χ4n) is 3.55. The zero-order chi connectivity index (χ0) is 18.4. The Kier molecular flexibility index (Phi) is 6.28. The molecule has 1 aromatic carbocycles. The molecule has 0 unspecified atom stereocenters. The standard InChI is InChI=1S/C20H28N4O2/c1-23(15-16-7-3-6-10-18(16)26-2)14-12-20(25)22-19-11-13-21-24(19)17-8-4-5-9-17/h3,6-7,10-11,13,17H,4-5,8-9,12,14-15H2,1-2H3,(H,22,25). The van der Waals surface area contributed by atoms with Crippen molar-refractivity contribution in [3.05, 3.63) is 42.1 Å². The van der Waals surface area contributed by atoms with Gasteiger partial charge in [-0.3, -0.25) is 4.79 Å². The summed E-state index contributed by atoms with van der Waals surface area (Å²) in [5, 5.41) is 7.42. The molecular formula is C20H28N4O2. The molecule has 1 aliphatic rings. The normalized spacial score (nSPS) is 14.7. The van der Waals surface area contributed by atoms with Gasteiger partial charge in [-0.15, -0.1) is 0 Å². The molecule has 0 saturated heterocycles. The van der Waals surface area contributed by atoms with Gasteiger partial charge >= 0.3 is 0 Å². The Morgan fingerprint density at radius 1 is 1.31 bits per heavy atom. The van der Waals surface area contributed by atoms with Crippen LogP contribution in [0.1, 0.15) is 43.7 Å². The maximum absolute atomic E-state index is 12.4. The molecule has 1 aromatic heterocycles. The van der Waals surface area contributed by atoms with E-state index in [1.165, 1.54) is 12.8 Å². The highest BCUT2D eigenvalue weighted by Crippen LogP contribution is 2.31. The summed E-state index contributed by atoms with van der Waals surface area (Å²) in [5.74, 6) is 1.72. The lowest BCUT2D eigenvalue weighted by Gasteiger charge is -2.18. The van der Waals surface area contributed by atoms with E-state index >= 15 is 0 Å².